The molecule has 3 aromatic rings. The van der Waals surface area contributed by atoms with Gasteiger partial charge in [0, 0.05) is 36.6 Å². The fraction of sp³-hybridized carbons (Fsp3) is 0.167. The number of halogens is 2. The average Bonchev–Trinajstić information content (AvgIpc) is 3.02. The molecule has 0 saturated heterocycles. The van der Waals surface area contributed by atoms with Crippen molar-refractivity contribution >= 4 is 18.3 Å². The highest BCUT2D eigenvalue weighted by molar-refractivity contribution is 5.85. The molecule has 0 fully saturated rings. The number of nitrogens with one attached hydrogen (secondary N) is 1. The zero-order chi connectivity index (χ0) is 17.4. The van der Waals surface area contributed by atoms with E-state index in [-0.39, 0.29) is 18.2 Å². The van der Waals surface area contributed by atoms with Crippen LogP contribution in [0.3, 0.4) is 0 Å². The van der Waals surface area contributed by atoms with Crippen LogP contribution < -0.4 is 11.1 Å². The van der Waals surface area contributed by atoms with Crippen LogP contribution in [0.4, 0.5) is 4.39 Å². The van der Waals surface area contributed by atoms with E-state index in [1.807, 2.05) is 12.1 Å². The fourth-order valence-electron chi connectivity index (χ4n) is 3.16. The quantitative estimate of drug-likeness (QED) is 0.737. The van der Waals surface area contributed by atoms with Crippen molar-refractivity contribution in [2.24, 2.45) is 5.73 Å². The van der Waals surface area contributed by atoms with Gasteiger partial charge in [0.25, 0.3) is 0 Å². The number of primary amides is 1. The van der Waals surface area contributed by atoms with Gasteiger partial charge in [-0.05, 0) is 42.0 Å². The average molecular weight is 374 g/mol. The molecule has 0 aliphatic carbocycles. The SMILES string of the molecule is Cl.NC(=O)C1CNCc2c(-c3ccncc3)c(-c3ccc(F)cc3)nn21. The Labute approximate surface area is 155 Å². The fourth-order valence-corrected chi connectivity index (χ4v) is 3.16. The number of hydrogen-bond donors (Lipinski definition) is 2. The van der Waals surface area contributed by atoms with Crippen molar-refractivity contribution in [1.82, 2.24) is 20.1 Å². The maximum absolute atomic E-state index is 13.3. The zero-order valence-corrected chi connectivity index (χ0v) is 14.5. The van der Waals surface area contributed by atoms with E-state index in [9.17, 15) is 9.18 Å². The lowest BCUT2D eigenvalue weighted by Gasteiger charge is -2.23. The molecule has 0 radical (unpaired) electrons. The molecule has 0 bridgehead atoms. The van der Waals surface area contributed by atoms with Crippen LogP contribution in [0.15, 0.2) is 48.8 Å². The minimum absolute atomic E-state index is 0. The highest BCUT2D eigenvalue weighted by Crippen LogP contribution is 2.36. The summed E-state index contributed by atoms with van der Waals surface area (Å²) in [5.74, 6) is -0.752. The lowest BCUT2D eigenvalue weighted by Crippen LogP contribution is -2.40. The van der Waals surface area contributed by atoms with Crippen molar-refractivity contribution in [2.75, 3.05) is 6.54 Å². The van der Waals surface area contributed by atoms with Gasteiger partial charge in [-0.25, -0.2) is 4.39 Å². The third-order valence-electron chi connectivity index (χ3n) is 4.35. The van der Waals surface area contributed by atoms with Crippen molar-refractivity contribution in [3.05, 3.63) is 60.3 Å². The molecular weight excluding hydrogens is 357 g/mol. The highest BCUT2D eigenvalue weighted by atomic mass is 35.5. The number of carbonyl (C=O) groups excluding carboxylic acids is 1. The number of fused-ring (bicyclic) bond motifs is 1. The summed E-state index contributed by atoms with van der Waals surface area (Å²) in [6.45, 7) is 0.998. The van der Waals surface area contributed by atoms with Gasteiger partial charge in [-0.15, -0.1) is 12.4 Å². The van der Waals surface area contributed by atoms with Gasteiger partial charge in [-0.1, -0.05) is 0 Å². The van der Waals surface area contributed by atoms with Crippen LogP contribution in [0.1, 0.15) is 11.7 Å². The van der Waals surface area contributed by atoms with Gasteiger partial charge in [0.15, 0.2) is 0 Å². The summed E-state index contributed by atoms with van der Waals surface area (Å²) >= 11 is 0. The van der Waals surface area contributed by atoms with Crippen molar-refractivity contribution in [3.8, 4) is 22.4 Å². The first kappa shape index (κ1) is 18.0. The Morgan fingerprint density at radius 3 is 2.50 bits per heavy atom. The Hall–Kier alpha value is -2.77. The molecule has 1 aliphatic rings. The molecule has 1 atom stereocenters. The molecule has 0 spiro atoms. The summed E-state index contributed by atoms with van der Waals surface area (Å²) in [6, 6.07) is 9.37. The molecule has 8 heteroatoms. The van der Waals surface area contributed by atoms with Gasteiger partial charge in [-0.3, -0.25) is 14.5 Å². The second-order valence-electron chi connectivity index (χ2n) is 5.91. The predicted octanol–water partition coefficient (Wildman–Crippen LogP) is 2.30. The molecular formula is C18H17ClFN5O. The second kappa shape index (κ2) is 7.23. The van der Waals surface area contributed by atoms with E-state index in [1.165, 1.54) is 12.1 Å². The normalized spacial score (nSPS) is 15.8. The molecule has 3 heterocycles. The Balaban J connectivity index is 0.00000196. The maximum atomic E-state index is 13.3. The number of amides is 1. The van der Waals surface area contributed by atoms with Gasteiger partial charge in [0.05, 0.1) is 5.69 Å². The van der Waals surface area contributed by atoms with E-state index >= 15 is 0 Å². The molecule has 6 nitrogen and oxygen atoms in total. The van der Waals surface area contributed by atoms with Crippen molar-refractivity contribution in [2.45, 2.75) is 12.6 Å². The molecule has 0 saturated carbocycles. The summed E-state index contributed by atoms with van der Waals surface area (Å²) in [5, 5.41) is 7.88. The topological polar surface area (TPSA) is 85.8 Å². The van der Waals surface area contributed by atoms with Crippen LogP contribution in [0.25, 0.3) is 22.4 Å². The number of carbonyl (C=O) groups is 1. The van der Waals surface area contributed by atoms with Gasteiger partial charge >= 0.3 is 0 Å². The van der Waals surface area contributed by atoms with Crippen molar-refractivity contribution in [3.63, 3.8) is 0 Å². The van der Waals surface area contributed by atoms with E-state index in [1.54, 1.807) is 29.2 Å². The summed E-state index contributed by atoms with van der Waals surface area (Å²) in [4.78, 5) is 15.9. The van der Waals surface area contributed by atoms with Crippen LogP contribution in [-0.4, -0.2) is 27.2 Å². The van der Waals surface area contributed by atoms with Gasteiger partial charge < -0.3 is 11.1 Å². The van der Waals surface area contributed by atoms with Crippen LogP contribution in [-0.2, 0) is 11.3 Å². The van der Waals surface area contributed by atoms with Gasteiger partial charge in [0.1, 0.15) is 17.6 Å². The minimum atomic E-state index is -0.557. The maximum Gasteiger partial charge on any atom is 0.243 e. The van der Waals surface area contributed by atoms with Gasteiger partial charge in [0.2, 0.25) is 5.91 Å². The Bertz CT molecular complexity index is 927. The third-order valence-corrected chi connectivity index (χ3v) is 4.35. The lowest BCUT2D eigenvalue weighted by atomic mass is 9.99. The Kier molecular flexibility index (Phi) is 5.01. The van der Waals surface area contributed by atoms with Crippen molar-refractivity contribution in [1.29, 1.82) is 0 Å². The summed E-state index contributed by atoms with van der Waals surface area (Å²) < 4.78 is 15.0. The lowest BCUT2D eigenvalue weighted by molar-refractivity contribution is -0.121. The number of rotatable bonds is 3. The molecule has 4 rings (SSSR count). The van der Waals surface area contributed by atoms with Crippen LogP contribution in [0.5, 0.6) is 0 Å². The molecule has 1 amide bonds. The Morgan fingerprint density at radius 2 is 1.85 bits per heavy atom. The number of hydrogen-bond acceptors (Lipinski definition) is 4. The van der Waals surface area contributed by atoms with Crippen LogP contribution in [0.2, 0.25) is 0 Å². The van der Waals surface area contributed by atoms with E-state index in [2.05, 4.69) is 15.4 Å². The molecule has 3 N–H and O–H groups in total. The first-order chi connectivity index (χ1) is 12.1. The highest BCUT2D eigenvalue weighted by Gasteiger charge is 2.30. The number of pyridine rings is 1. The smallest absolute Gasteiger partial charge is 0.243 e. The molecule has 26 heavy (non-hydrogen) atoms. The van der Waals surface area contributed by atoms with E-state index in [0.717, 1.165) is 22.4 Å². The predicted molar refractivity (Wildman–Crippen MR) is 98.0 cm³/mol. The van der Waals surface area contributed by atoms with E-state index in [4.69, 9.17) is 5.73 Å². The zero-order valence-electron chi connectivity index (χ0n) is 13.7. The monoisotopic (exact) mass is 373 g/mol. The van der Waals surface area contributed by atoms with Crippen LogP contribution in [0, 0.1) is 5.82 Å². The molecule has 2 aromatic heterocycles. The Morgan fingerprint density at radius 1 is 1.15 bits per heavy atom. The van der Waals surface area contributed by atoms with Crippen molar-refractivity contribution < 1.29 is 9.18 Å². The minimum Gasteiger partial charge on any atom is -0.368 e. The van der Waals surface area contributed by atoms with E-state index < -0.39 is 11.9 Å². The number of nitrogens with zero attached hydrogens (tertiary/aromatic N) is 3. The molecule has 1 aromatic carbocycles. The summed E-state index contributed by atoms with van der Waals surface area (Å²) in [7, 11) is 0. The number of benzene rings is 1. The molecule has 1 unspecified atom stereocenters. The van der Waals surface area contributed by atoms with Gasteiger partial charge in [-0.2, -0.15) is 5.10 Å². The number of nitrogens with two attached hydrogens (primary N) is 1. The standard InChI is InChI=1S/C18H16FN5O.ClH/c19-13-3-1-12(2-4-13)17-16(11-5-7-21-8-6-11)14-9-22-10-15(18(20)25)24(14)23-17;/h1-8,15,22H,9-10H2,(H2,20,25);1H. The third kappa shape index (κ3) is 3.07. The van der Waals surface area contributed by atoms with Crippen LogP contribution >= 0.6 is 12.4 Å². The largest absolute Gasteiger partial charge is 0.368 e. The molecule has 1 aliphatic heterocycles. The first-order valence-corrected chi connectivity index (χ1v) is 7.93. The molecule has 134 valence electrons. The summed E-state index contributed by atoms with van der Waals surface area (Å²) in [5.41, 5.74) is 9.71. The van der Waals surface area contributed by atoms with E-state index in [0.29, 0.717) is 18.8 Å². The first-order valence-electron chi connectivity index (χ1n) is 7.93. The second-order valence-corrected chi connectivity index (χ2v) is 5.91. The number of aromatic nitrogens is 3. The summed E-state index contributed by atoms with van der Waals surface area (Å²) in [6.07, 6.45) is 3.41.